The van der Waals surface area contributed by atoms with E-state index in [4.69, 9.17) is 14.4 Å². The molecule has 124 valence electrons. The number of carbonyl (C=O) groups is 1. The van der Waals surface area contributed by atoms with Crippen molar-refractivity contribution in [3.8, 4) is 11.8 Å². The van der Waals surface area contributed by atoms with Gasteiger partial charge < -0.3 is 14.5 Å². The maximum absolute atomic E-state index is 12.2. The fraction of sp³-hybridized carbons (Fsp3) is 0.105. The molecule has 3 aromatic rings. The first-order chi connectivity index (χ1) is 12.0. The second-order valence-corrected chi connectivity index (χ2v) is 5.40. The first-order valence-electron chi connectivity index (χ1n) is 7.57. The van der Waals surface area contributed by atoms with Gasteiger partial charge in [-0.05, 0) is 43.3 Å². The zero-order chi connectivity index (χ0) is 17.8. The van der Waals surface area contributed by atoms with Crippen molar-refractivity contribution < 1.29 is 13.9 Å². The Morgan fingerprint density at radius 1 is 1.20 bits per heavy atom. The zero-order valence-electron chi connectivity index (χ0n) is 13.4. The van der Waals surface area contributed by atoms with Crippen molar-refractivity contribution in [1.29, 1.82) is 5.26 Å². The Kier molecular flexibility index (Phi) is 4.48. The summed E-state index contributed by atoms with van der Waals surface area (Å²) in [7, 11) is 0. The van der Waals surface area contributed by atoms with Crippen LogP contribution in [0.5, 0.6) is 5.75 Å². The number of hydrogen-bond donors (Lipinski definition) is 1. The average Bonchev–Trinajstić information content (AvgIpc) is 2.61. The predicted molar refractivity (Wildman–Crippen MR) is 92.4 cm³/mol. The molecule has 0 spiro atoms. The van der Waals surface area contributed by atoms with Gasteiger partial charge >= 0.3 is 5.63 Å². The number of hydrogen-bond acceptors (Lipinski definition) is 5. The van der Waals surface area contributed by atoms with Gasteiger partial charge in [0.1, 0.15) is 11.3 Å². The van der Waals surface area contributed by atoms with Crippen molar-refractivity contribution in [2.24, 2.45) is 0 Å². The van der Waals surface area contributed by atoms with Crippen LogP contribution < -0.4 is 15.7 Å². The molecule has 0 aliphatic heterocycles. The smallest absolute Gasteiger partial charge is 0.336 e. The normalized spacial score (nSPS) is 11.5. The summed E-state index contributed by atoms with van der Waals surface area (Å²) in [6, 6.07) is 16.6. The van der Waals surface area contributed by atoms with E-state index in [1.807, 2.05) is 6.07 Å². The minimum Gasteiger partial charge on any atom is -0.481 e. The van der Waals surface area contributed by atoms with Crippen molar-refractivity contribution in [3.05, 3.63) is 70.6 Å². The first kappa shape index (κ1) is 16.3. The van der Waals surface area contributed by atoms with E-state index in [0.29, 0.717) is 22.6 Å². The third-order valence-corrected chi connectivity index (χ3v) is 3.54. The minimum absolute atomic E-state index is 0.357. The molecule has 1 N–H and O–H groups in total. The zero-order valence-corrected chi connectivity index (χ0v) is 13.4. The van der Waals surface area contributed by atoms with Gasteiger partial charge in [0.05, 0.1) is 11.6 Å². The Bertz CT molecular complexity index is 1030. The van der Waals surface area contributed by atoms with E-state index in [1.165, 1.54) is 6.07 Å². The number of nitrogens with zero attached hydrogens (tertiary/aromatic N) is 1. The summed E-state index contributed by atoms with van der Waals surface area (Å²) in [5.41, 5.74) is 0.909. The van der Waals surface area contributed by atoms with Gasteiger partial charge in [-0.2, -0.15) is 5.26 Å². The molecule has 0 bridgehead atoms. The Labute approximate surface area is 143 Å². The lowest BCUT2D eigenvalue weighted by molar-refractivity contribution is -0.122. The lowest BCUT2D eigenvalue weighted by atomic mass is 10.2. The molecule has 1 atom stereocenters. The molecule has 6 heteroatoms. The number of benzene rings is 2. The first-order valence-corrected chi connectivity index (χ1v) is 7.57. The van der Waals surface area contributed by atoms with Crippen molar-refractivity contribution in [2.75, 3.05) is 5.32 Å². The molecule has 0 unspecified atom stereocenters. The highest BCUT2D eigenvalue weighted by atomic mass is 16.5. The fourth-order valence-corrected chi connectivity index (χ4v) is 2.28. The molecular weight excluding hydrogens is 320 g/mol. The van der Waals surface area contributed by atoms with Gasteiger partial charge in [0.15, 0.2) is 6.10 Å². The van der Waals surface area contributed by atoms with Gasteiger partial charge in [0.25, 0.3) is 5.91 Å². The highest BCUT2D eigenvalue weighted by Gasteiger charge is 2.15. The number of nitrogens with one attached hydrogen (secondary N) is 1. The molecule has 1 amide bonds. The van der Waals surface area contributed by atoms with Gasteiger partial charge in [-0.25, -0.2) is 4.79 Å². The summed E-state index contributed by atoms with van der Waals surface area (Å²) in [6.45, 7) is 1.61. The molecule has 3 rings (SSSR count). The second kappa shape index (κ2) is 6.89. The van der Waals surface area contributed by atoms with Crippen LogP contribution in [0.2, 0.25) is 0 Å². The molecule has 0 fully saturated rings. The van der Waals surface area contributed by atoms with Gasteiger partial charge in [0.2, 0.25) is 0 Å². The second-order valence-electron chi connectivity index (χ2n) is 5.40. The average molecular weight is 334 g/mol. The Balaban J connectivity index is 1.72. The summed E-state index contributed by atoms with van der Waals surface area (Å²) in [6.07, 6.45) is -0.779. The molecule has 2 aromatic carbocycles. The quantitative estimate of drug-likeness (QED) is 0.740. The van der Waals surface area contributed by atoms with Crippen LogP contribution in [0.1, 0.15) is 12.5 Å². The van der Waals surface area contributed by atoms with Crippen LogP contribution in [0.25, 0.3) is 11.0 Å². The molecule has 25 heavy (non-hydrogen) atoms. The number of fused-ring (bicyclic) bond motifs is 1. The maximum Gasteiger partial charge on any atom is 0.336 e. The van der Waals surface area contributed by atoms with Crippen LogP contribution in [0.15, 0.2) is 63.8 Å². The lowest BCUT2D eigenvalue weighted by Crippen LogP contribution is -2.30. The van der Waals surface area contributed by atoms with E-state index >= 15 is 0 Å². The molecule has 6 nitrogen and oxygen atoms in total. The summed E-state index contributed by atoms with van der Waals surface area (Å²) in [5, 5.41) is 12.3. The lowest BCUT2D eigenvalue weighted by Gasteiger charge is -2.15. The van der Waals surface area contributed by atoms with Crippen molar-refractivity contribution in [3.63, 3.8) is 0 Å². The number of anilines is 1. The summed E-state index contributed by atoms with van der Waals surface area (Å²) in [5.74, 6) is 0.0555. The van der Waals surface area contributed by atoms with Gasteiger partial charge in [-0.3, -0.25) is 4.79 Å². The summed E-state index contributed by atoms with van der Waals surface area (Å²) < 4.78 is 10.7. The predicted octanol–water partition coefficient (Wildman–Crippen LogP) is 3.07. The van der Waals surface area contributed by atoms with Crippen molar-refractivity contribution in [1.82, 2.24) is 0 Å². The standard InChI is InChI=1S/C19H14N2O4/c1-12(19(23)21-15-4-2-3-13(9-15)11-20)24-16-7-5-14-6-8-18(22)25-17(14)10-16/h2-10,12H,1H3,(H,21,23)/t12-/m1/s1. The summed E-state index contributed by atoms with van der Waals surface area (Å²) >= 11 is 0. The van der Waals surface area contributed by atoms with Crippen molar-refractivity contribution in [2.45, 2.75) is 13.0 Å². The number of amides is 1. The summed E-state index contributed by atoms with van der Waals surface area (Å²) in [4.78, 5) is 23.5. The van der Waals surface area contributed by atoms with Gasteiger partial charge in [-0.15, -0.1) is 0 Å². The van der Waals surface area contributed by atoms with Crippen molar-refractivity contribution >= 4 is 22.6 Å². The molecular formula is C19H14N2O4. The molecule has 1 heterocycles. The highest BCUT2D eigenvalue weighted by Crippen LogP contribution is 2.21. The topological polar surface area (TPSA) is 92.3 Å². The van der Waals surface area contributed by atoms with Gasteiger partial charge in [-0.1, -0.05) is 6.07 Å². The SMILES string of the molecule is C[C@@H](Oc1ccc2ccc(=O)oc2c1)C(=O)Nc1cccc(C#N)c1. The molecule has 0 radical (unpaired) electrons. The Morgan fingerprint density at radius 2 is 2.00 bits per heavy atom. The van der Waals surface area contributed by atoms with Gasteiger partial charge in [0, 0.05) is 23.2 Å². The van der Waals surface area contributed by atoms with Crippen LogP contribution in [0, 0.1) is 11.3 Å². The maximum atomic E-state index is 12.2. The highest BCUT2D eigenvalue weighted by molar-refractivity contribution is 5.94. The van der Waals surface area contributed by atoms with E-state index in [9.17, 15) is 9.59 Å². The third kappa shape index (κ3) is 3.85. The van der Waals surface area contributed by atoms with Crippen LogP contribution >= 0.6 is 0 Å². The largest absolute Gasteiger partial charge is 0.481 e. The fourth-order valence-electron chi connectivity index (χ4n) is 2.28. The Hall–Kier alpha value is -3.59. The molecule has 0 saturated heterocycles. The number of rotatable bonds is 4. The number of carbonyl (C=O) groups excluding carboxylic acids is 1. The van der Waals surface area contributed by atoms with E-state index in [0.717, 1.165) is 5.39 Å². The van der Waals surface area contributed by atoms with Crippen LogP contribution in [-0.2, 0) is 4.79 Å². The van der Waals surface area contributed by atoms with E-state index in [-0.39, 0.29) is 5.91 Å². The van der Waals surface area contributed by atoms with Crippen LogP contribution in [0.4, 0.5) is 5.69 Å². The van der Waals surface area contributed by atoms with E-state index in [2.05, 4.69) is 5.32 Å². The Morgan fingerprint density at radius 3 is 2.80 bits per heavy atom. The molecule has 1 aromatic heterocycles. The molecule has 0 saturated carbocycles. The number of ether oxygens (including phenoxy) is 1. The van der Waals surface area contributed by atoms with Crippen LogP contribution in [-0.4, -0.2) is 12.0 Å². The van der Waals surface area contributed by atoms with Crippen LogP contribution in [0.3, 0.4) is 0 Å². The number of nitriles is 1. The van der Waals surface area contributed by atoms with E-state index in [1.54, 1.807) is 55.5 Å². The molecule has 0 aliphatic carbocycles. The minimum atomic E-state index is -0.779. The van der Waals surface area contributed by atoms with E-state index < -0.39 is 11.7 Å². The third-order valence-electron chi connectivity index (χ3n) is 3.54. The molecule has 0 aliphatic rings. The monoisotopic (exact) mass is 334 g/mol.